The molecule has 0 radical (unpaired) electrons. The zero-order valence-corrected chi connectivity index (χ0v) is 7.71. The number of rotatable bonds is 1. The minimum Gasteiger partial charge on any atom is -0.481 e. The molecule has 0 aliphatic heterocycles. The maximum atomic E-state index is 9.63. The third-order valence-electron chi connectivity index (χ3n) is 2.22. The summed E-state index contributed by atoms with van der Waals surface area (Å²) >= 11 is 0. The van der Waals surface area contributed by atoms with Gasteiger partial charge in [0, 0.05) is 6.07 Å². The lowest BCUT2D eigenvalue weighted by Crippen LogP contribution is -2.20. The van der Waals surface area contributed by atoms with Gasteiger partial charge in [0.25, 0.3) is 0 Å². The Hall–Kier alpha value is -1.39. The van der Waals surface area contributed by atoms with E-state index in [2.05, 4.69) is 4.98 Å². The highest BCUT2D eigenvalue weighted by Crippen LogP contribution is 2.27. The zero-order chi connectivity index (χ0) is 10.1. The van der Waals surface area contributed by atoms with E-state index in [0.29, 0.717) is 11.6 Å². The van der Waals surface area contributed by atoms with Gasteiger partial charge in [0.1, 0.15) is 12.2 Å². The Morgan fingerprint density at radius 1 is 1.36 bits per heavy atom. The first-order valence-electron chi connectivity index (χ1n) is 4.31. The van der Waals surface area contributed by atoms with Gasteiger partial charge in [0.2, 0.25) is 5.88 Å². The van der Waals surface area contributed by atoms with Gasteiger partial charge >= 0.3 is 0 Å². The fourth-order valence-corrected chi connectivity index (χ4v) is 1.43. The van der Waals surface area contributed by atoms with E-state index in [0.717, 1.165) is 5.56 Å². The van der Waals surface area contributed by atoms with Gasteiger partial charge in [-0.2, -0.15) is 0 Å². The van der Waals surface area contributed by atoms with Crippen molar-refractivity contribution in [1.29, 1.82) is 0 Å². The molecule has 1 heterocycles. The first-order valence-corrected chi connectivity index (χ1v) is 4.31. The fourth-order valence-electron chi connectivity index (χ4n) is 1.43. The van der Waals surface area contributed by atoms with Crippen molar-refractivity contribution < 1.29 is 14.9 Å². The molecule has 1 aliphatic carbocycles. The minimum absolute atomic E-state index is 0.435. The molecule has 0 aromatic carbocycles. The molecule has 2 N–H and O–H groups in total. The Morgan fingerprint density at radius 2 is 2.14 bits per heavy atom. The summed E-state index contributed by atoms with van der Waals surface area (Å²) in [4.78, 5) is 4.08. The van der Waals surface area contributed by atoms with E-state index < -0.39 is 12.2 Å². The van der Waals surface area contributed by atoms with Crippen molar-refractivity contribution in [3.05, 3.63) is 29.5 Å². The van der Waals surface area contributed by atoms with E-state index in [-0.39, 0.29) is 0 Å². The molecule has 0 amide bonds. The first kappa shape index (κ1) is 9.18. The summed E-state index contributed by atoms with van der Waals surface area (Å²) in [6, 6.07) is 3.51. The highest BCUT2D eigenvalue weighted by atomic mass is 16.5. The smallest absolute Gasteiger partial charge is 0.213 e. The lowest BCUT2D eigenvalue weighted by atomic mass is 9.98. The number of pyridine rings is 1. The predicted octanol–water partition coefficient (Wildman–Crippen LogP) is 0.511. The van der Waals surface area contributed by atoms with E-state index in [4.69, 9.17) is 4.74 Å². The van der Waals surface area contributed by atoms with Gasteiger partial charge in [-0.05, 0) is 11.6 Å². The lowest BCUT2D eigenvalue weighted by molar-refractivity contribution is 0.0437. The summed E-state index contributed by atoms with van der Waals surface area (Å²) in [5, 5.41) is 19.0. The quantitative estimate of drug-likeness (QED) is 0.682. The molecule has 1 aromatic rings. The highest BCUT2D eigenvalue weighted by molar-refractivity contribution is 5.56. The number of hydrogen-bond acceptors (Lipinski definition) is 4. The van der Waals surface area contributed by atoms with Crippen LogP contribution in [0.2, 0.25) is 0 Å². The largest absolute Gasteiger partial charge is 0.481 e. The lowest BCUT2D eigenvalue weighted by Gasteiger charge is -2.20. The Balaban J connectivity index is 2.48. The molecule has 0 bridgehead atoms. The zero-order valence-electron chi connectivity index (χ0n) is 7.71. The number of ether oxygens (including phenoxy) is 1. The Bertz CT molecular complexity index is 376. The molecular weight excluding hydrogens is 182 g/mol. The van der Waals surface area contributed by atoms with Crippen LogP contribution in [-0.4, -0.2) is 28.4 Å². The van der Waals surface area contributed by atoms with Crippen molar-refractivity contribution in [2.75, 3.05) is 7.11 Å². The van der Waals surface area contributed by atoms with E-state index in [1.807, 2.05) is 0 Å². The Kier molecular flexibility index (Phi) is 2.23. The van der Waals surface area contributed by atoms with E-state index in [1.54, 1.807) is 24.3 Å². The molecule has 14 heavy (non-hydrogen) atoms. The second kappa shape index (κ2) is 3.40. The van der Waals surface area contributed by atoms with Crippen LogP contribution in [0.4, 0.5) is 0 Å². The fraction of sp³-hybridized carbons (Fsp3) is 0.300. The summed E-state index contributed by atoms with van der Waals surface area (Å²) in [5.74, 6) is 0.435. The van der Waals surface area contributed by atoms with Gasteiger partial charge in [-0.25, -0.2) is 4.98 Å². The Morgan fingerprint density at radius 3 is 2.86 bits per heavy atom. The van der Waals surface area contributed by atoms with E-state index in [9.17, 15) is 10.2 Å². The van der Waals surface area contributed by atoms with Crippen molar-refractivity contribution >= 4 is 6.08 Å². The molecular formula is C10H11NO3. The molecule has 4 nitrogen and oxygen atoms in total. The number of nitrogens with zero attached hydrogens (tertiary/aromatic N) is 1. The molecule has 2 rings (SSSR count). The van der Waals surface area contributed by atoms with Crippen LogP contribution in [0.25, 0.3) is 6.08 Å². The molecule has 2 unspecified atom stereocenters. The van der Waals surface area contributed by atoms with Crippen LogP contribution < -0.4 is 4.74 Å². The van der Waals surface area contributed by atoms with Crippen LogP contribution in [0, 0.1) is 0 Å². The number of fused-ring (bicyclic) bond motifs is 1. The summed E-state index contributed by atoms with van der Waals surface area (Å²) in [6.07, 6.45) is 1.42. The molecule has 4 heteroatoms. The standard InChI is InChI=1S/C10H11NO3/c1-14-8-5-3-6-2-4-7(12)10(13)9(6)11-8/h2-5,7,10,12-13H,1H3. The molecule has 1 aliphatic rings. The van der Waals surface area contributed by atoms with Gasteiger partial charge in [-0.3, -0.25) is 0 Å². The number of methoxy groups -OCH3 is 1. The normalized spacial score (nSPS) is 24.5. The number of aliphatic hydroxyl groups excluding tert-OH is 2. The van der Waals surface area contributed by atoms with E-state index >= 15 is 0 Å². The first-order chi connectivity index (χ1) is 6.72. The van der Waals surface area contributed by atoms with Gasteiger partial charge < -0.3 is 14.9 Å². The van der Waals surface area contributed by atoms with Crippen LogP contribution in [-0.2, 0) is 0 Å². The van der Waals surface area contributed by atoms with Crippen LogP contribution >= 0.6 is 0 Å². The number of aliphatic hydroxyl groups is 2. The second-order valence-corrected chi connectivity index (χ2v) is 3.12. The molecule has 0 saturated carbocycles. The number of hydrogen-bond donors (Lipinski definition) is 2. The van der Waals surface area contributed by atoms with Crippen molar-refractivity contribution in [2.24, 2.45) is 0 Å². The average Bonchev–Trinajstić information content (AvgIpc) is 2.23. The van der Waals surface area contributed by atoms with Crippen LogP contribution in [0.5, 0.6) is 5.88 Å². The second-order valence-electron chi connectivity index (χ2n) is 3.12. The summed E-state index contributed by atoms with van der Waals surface area (Å²) in [6.45, 7) is 0. The monoisotopic (exact) mass is 193 g/mol. The average molecular weight is 193 g/mol. The van der Waals surface area contributed by atoms with Gasteiger partial charge in [-0.15, -0.1) is 0 Å². The molecule has 74 valence electrons. The van der Waals surface area contributed by atoms with Gasteiger partial charge in [0.15, 0.2) is 0 Å². The summed E-state index contributed by atoms with van der Waals surface area (Å²) in [5.41, 5.74) is 1.27. The molecule has 2 atom stereocenters. The van der Waals surface area contributed by atoms with Gasteiger partial charge in [-0.1, -0.05) is 12.2 Å². The minimum atomic E-state index is -0.968. The van der Waals surface area contributed by atoms with Crippen molar-refractivity contribution in [2.45, 2.75) is 12.2 Å². The van der Waals surface area contributed by atoms with E-state index in [1.165, 1.54) is 7.11 Å². The van der Waals surface area contributed by atoms with Crippen molar-refractivity contribution in [1.82, 2.24) is 4.98 Å². The maximum Gasteiger partial charge on any atom is 0.213 e. The molecule has 1 aromatic heterocycles. The predicted molar refractivity (Wildman–Crippen MR) is 50.8 cm³/mol. The third kappa shape index (κ3) is 1.38. The Labute approximate surface area is 81.5 Å². The third-order valence-corrected chi connectivity index (χ3v) is 2.22. The summed E-state index contributed by atoms with van der Waals surface area (Å²) in [7, 11) is 1.51. The number of aromatic nitrogens is 1. The topological polar surface area (TPSA) is 62.6 Å². The maximum absolute atomic E-state index is 9.63. The highest BCUT2D eigenvalue weighted by Gasteiger charge is 2.23. The SMILES string of the molecule is COc1ccc2c(n1)C(O)C(O)C=C2. The molecule has 0 fully saturated rings. The van der Waals surface area contributed by atoms with Crippen molar-refractivity contribution in [3.8, 4) is 5.88 Å². The van der Waals surface area contributed by atoms with Crippen LogP contribution in [0.1, 0.15) is 17.4 Å². The molecule has 0 spiro atoms. The van der Waals surface area contributed by atoms with Crippen LogP contribution in [0.3, 0.4) is 0 Å². The summed E-state index contributed by atoms with van der Waals surface area (Å²) < 4.78 is 4.94. The van der Waals surface area contributed by atoms with Crippen molar-refractivity contribution in [3.63, 3.8) is 0 Å². The van der Waals surface area contributed by atoms with Crippen LogP contribution in [0.15, 0.2) is 18.2 Å². The molecule has 0 saturated heterocycles. The van der Waals surface area contributed by atoms with Gasteiger partial charge in [0.05, 0.1) is 12.8 Å².